The summed E-state index contributed by atoms with van der Waals surface area (Å²) in [7, 11) is -3.56. The number of benzene rings is 1. The molecule has 2 aliphatic rings. The number of thiophene rings is 1. The van der Waals surface area contributed by atoms with Gasteiger partial charge in [0.2, 0.25) is 10.0 Å². The molecule has 0 unspecified atom stereocenters. The van der Waals surface area contributed by atoms with Crippen molar-refractivity contribution in [2.75, 3.05) is 13.2 Å². The van der Waals surface area contributed by atoms with Gasteiger partial charge in [-0.1, -0.05) is 12.1 Å². The summed E-state index contributed by atoms with van der Waals surface area (Å²) in [6, 6.07) is 8.98. The average Bonchev–Trinajstić information content (AvgIpc) is 3.39. The first-order valence-corrected chi connectivity index (χ1v) is 11.4. The molecule has 0 spiro atoms. The minimum absolute atomic E-state index is 0.0486. The largest absolute Gasteiger partial charge is 0.368 e. The third kappa shape index (κ3) is 4.08. The molecule has 8 heteroatoms. The molecule has 0 radical (unpaired) electrons. The number of carbonyl (C=O) groups is 1. The third-order valence-corrected chi connectivity index (χ3v) is 7.31. The van der Waals surface area contributed by atoms with Crippen LogP contribution in [0.1, 0.15) is 28.8 Å². The van der Waals surface area contributed by atoms with Crippen molar-refractivity contribution in [3.8, 4) is 0 Å². The molecule has 144 valence electrons. The molecule has 0 aliphatic carbocycles. The Balaban J connectivity index is 1.45. The van der Waals surface area contributed by atoms with Crippen LogP contribution in [-0.4, -0.2) is 38.5 Å². The van der Waals surface area contributed by atoms with Crippen LogP contribution in [0.15, 0.2) is 40.6 Å². The maximum absolute atomic E-state index is 12.6. The van der Waals surface area contributed by atoms with E-state index < -0.39 is 10.0 Å². The quantitative estimate of drug-likeness (QED) is 0.827. The zero-order valence-electron chi connectivity index (χ0n) is 14.9. The number of sulfonamides is 1. The van der Waals surface area contributed by atoms with E-state index >= 15 is 0 Å². The van der Waals surface area contributed by atoms with Crippen molar-refractivity contribution >= 4 is 27.3 Å². The fourth-order valence-electron chi connectivity index (χ4n) is 3.52. The van der Waals surface area contributed by atoms with Crippen molar-refractivity contribution in [2.24, 2.45) is 0 Å². The second-order valence-corrected chi connectivity index (χ2v) is 9.65. The molecule has 4 rings (SSSR count). The summed E-state index contributed by atoms with van der Waals surface area (Å²) < 4.78 is 33.3. The van der Waals surface area contributed by atoms with Crippen LogP contribution in [0.2, 0.25) is 0 Å². The van der Waals surface area contributed by atoms with E-state index in [1.165, 1.54) is 11.3 Å². The molecule has 0 bridgehead atoms. The Morgan fingerprint density at radius 2 is 2.19 bits per heavy atom. The van der Waals surface area contributed by atoms with Crippen LogP contribution >= 0.6 is 11.3 Å². The number of rotatable bonds is 5. The first-order valence-electron chi connectivity index (χ1n) is 9.07. The highest BCUT2D eigenvalue weighted by Crippen LogP contribution is 2.25. The number of hydrogen-bond donors (Lipinski definition) is 1. The fraction of sp³-hybridized carbons (Fsp3) is 0.421. The Morgan fingerprint density at radius 3 is 2.93 bits per heavy atom. The Hall–Kier alpha value is -1.74. The summed E-state index contributed by atoms with van der Waals surface area (Å²) in [6.45, 7) is 2.05. The maximum atomic E-state index is 12.6. The zero-order valence-corrected chi connectivity index (χ0v) is 16.5. The number of hydrogen-bond acceptors (Lipinski definition) is 5. The molecule has 1 fully saturated rings. The Bertz CT molecular complexity index is 919. The van der Waals surface area contributed by atoms with E-state index in [1.54, 1.807) is 12.1 Å². The minimum Gasteiger partial charge on any atom is -0.368 e. The van der Waals surface area contributed by atoms with Gasteiger partial charge in [-0.3, -0.25) is 4.79 Å². The van der Waals surface area contributed by atoms with Crippen LogP contribution in [0.4, 0.5) is 0 Å². The number of nitrogens with one attached hydrogen (secondary N) is 1. The van der Waals surface area contributed by atoms with Gasteiger partial charge in [0.05, 0.1) is 4.90 Å². The van der Waals surface area contributed by atoms with Gasteiger partial charge in [0.15, 0.2) is 0 Å². The standard InChI is InChI=1S/C19H22N2O4S2/c22-19(18-4-1-9-25-18)21-8-7-14-11-17(6-5-15(14)13-21)27(23,24)20-12-16-3-2-10-26-16/h2-3,5-6,10-11,18,20H,1,4,7-9,12-13H2/t18-/m0/s1. The summed E-state index contributed by atoms with van der Waals surface area (Å²) in [6.07, 6.45) is 2.06. The molecule has 6 nitrogen and oxygen atoms in total. The van der Waals surface area contributed by atoms with Gasteiger partial charge in [-0.2, -0.15) is 0 Å². The lowest BCUT2D eigenvalue weighted by Gasteiger charge is -2.30. The van der Waals surface area contributed by atoms with Crippen molar-refractivity contribution in [1.29, 1.82) is 0 Å². The molecule has 0 saturated carbocycles. The van der Waals surface area contributed by atoms with Crippen LogP contribution < -0.4 is 4.72 Å². The molecule has 27 heavy (non-hydrogen) atoms. The van der Waals surface area contributed by atoms with E-state index in [4.69, 9.17) is 4.74 Å². The molecule has 1 amide bonds. The molecule has 1 aromatic carbocycles. The van der Waals surface area contributed by atoms with Crippen molar-refractivity contribution in [3.63, 3.8) is 0 Å². The Morgan fingerprint density at radius 1 is 1.30 bits per heavy atom. The van der Waals surface area contributed by atoms with Gasteiger partial charge in [0, 0.05) is 31.1 Å². The van der Waals surface area contributed by atoms with Crippen molar-refractivity contribution in [1.82, 2.24) is 9.62 Å². The molecule has 2 aromatic rings. The Kier molecular flexibility index (Phi) is 5.32. The predicted molar refractivity (Wildman–Crippen MR) is 103 cm³/mol. The predicted octanol–water partition coefficient (Wildman–Crippen LogP) is 2.29. The van der Waals surface area contributed by atoms with Crippen LogP contribution in [0.25, 0.3) is 0 Å². The van der Waals surface area contributed by atoms with Gasteiger partial charge in [-0.15, -0.1) is 11.3 Å². The average molecular weight is 407 g/mol. The summed E-state index contributed by atoms with van der Waals surface area (Å²) in [5.74, 6) is 0.0486. The highest BCUT2D eigenvalue weighted by atomic mass is 32.2. The normalized spacial score (nSPS) is 19.9. The summed E-state index contributed by atoms with van der Waals surface area (Å²) in [5, 5.41) is 1.92. The topological polar surface area (TPSA) is 75.7 Å². The maximum Gasteiger partial charge on any atom is 0.252 e. The molecular weight excluding hydrogens is 384 g/mol. The first-order chi connectivity index (χ1) is 13.0. The monoisotopic (exact) mass is 406 g/mol. The smallest absolute Gasteiger partial charge is 0.252 e. The molecule has 1 aromatic heterocycles. The van der Waals surface area contributed by atoms with Crippen LogP contribution in [0.3, 0.4) is 0 Å². The number of ether oxygens (including phenoxy) is 1. The van der Waals surface area contributed by atoms with Crippen molar-refractivity contribution in [3.05, 3.63) is 51.7 Å². The summed E-state index contributed by atoms with van der Waals surface area (Å²) in [5.41, 5.74) is 2.00. The second kappa shape index (κ2) is 7.71. The molecule has 1 N–H and O–H groups in total. The lowest BCUT2D eigenvalue weighted by Crippen LogP contribution is -2.42. The van der Waals surface area contributed by atoms with E-state index in [-0.39, 0.29) is 16.9 Å². The van der Waals surface area contributed by atoms with E-state index in [1.807, 2.05) is 28.5 Å². The minimum atomic E-state index is -3.56. The molecule has 1 saturated heterocycles. The molecular formula is C19H22N2O4S2. The van der Waals surface area contributed by atoms with Crippen LogP contribution in [0.5, 0.6) is 0 Å². The SMILES string of the molecule is O=C([C@@H]1CCCO1)N1CCc2cc(S(=O)(=O)NCc3cccs3)ccc2C1. The van der Waals surface area contributed by atoms with Crippen LogP contribution in [0, 0.1) is 0 Å². The van der Waals surface area contributed by atoms with Crippen LogP contribution in [-0.2, 0) is 39.1 Å². The highest BCUT2D eigenvalue weighted by Gasteiger charge is 2.30. The first kappa shape index (κ1) is 18.6. The second-order valence-electron chi connectivity index (χ2n) is 6.85. The molecule has 2 aliphatic heterocycles. The van der Waals surface area contributed by atoms with E-state index in [0.717, 1.165) is 28.8 Å². The zero-order chi connectivity index (χ0) is 18.9. The number of nitrogens with zero attached hydrogens (tertiary/aromatic N) is 1. The van der Waals surface area contributed by atoms with Gasteiger partial charge >= 0.3 is 0 Å². The van der Waals surface area contributed by atoms with Gasteiger partial charge in [-0.25, -0.2) is 13.1 Å². The van der Waals surface area contributed by atoms with Crippen molar-refractivity contribution < 1.29 is 17.9 Å². The van der Waals surface area contributed by atoms with E-state index in [2.05, 4.69) is 4.72 Å². The highest BCUT2D eigenvalue weighted by molar-refractivity contribution is 7.89. The van der Waals surface area contributed by atoms with Crippen molar-refractivity contribution in [2.45, 2.75) is 43.4 Å². The van der Waals surface area contributed by atoms with E-state index in [9.17, 15) is 13.2 Å². The van der Waals surface area contributed by atoms with Gasteiger partial charge in [-0.05, 0) is 54.0 Å². The lowest BCUT2D eigenvalue weighted by molar-refractivity contribution is -0.141. The van der Waals surface area contributed by atoms with Gasteiger partial charge in [0.25, 0.3) is 5.91 Å². The number of amides is 1. The number of fused-ring (bicyclic) bond motifs is 1. The summed E-state index contributed by atoms with van der Waals surface area (Å²) >= 11 is 1.52. The van der Waals surface area contributed by atoms with Gasteiger partial charge in [0.1, 0.15) is 6.10 Å². The summed E-state index contributed by atoms with van der Waals surface area (Å²) in [4.78, 5) is 15.6. The molecule has 3 heterocycles. The van der Waals surface area contributed by atoms with E-state index in [0.29, 0.717) is 32.7 Å². The fourth-order valence-corrected chi connectivity index (χ4v) is 5.32. The number of carbonyl (C=O) groups excluding carboxylic acids is 1. The molecule has 1 atom stereocenters. The lowest BCUT2D eigenvalue weighted by atomic mass is 9.99. The van der Waals surface area contributed by atoms with Gasteiger partial charge < -0.3 is 9.64 Å². The Labute approximate surface area is 163 Å². The third-order valence-electron chi connectivity index (χ3n) is 5.03.